The summed E-state index contributed by atoms with van der Waals surface area (Å²) in [4.78, 5) is 14.9. The molecule has 0 spiro atoms. The number of nitrogens with zero attached hydrogens (tertiary/aromatic N) is 1. The fraction of sp³-hybridized carbons (Fsp3) is 0.167. The molecule has 0 amide bonds. The number of carbonyl (C=O) groups is 1. The summed E-state index contributed by atoms with van der Waals surface area (Å²) in [5, 5.41) is 1.03. The SMILES string of the molecule is COc1cc2ncc(C=O)c(Cl)c2cc1OC. The molecule has 0 N–H and O–H groups in total. The number of pyridine rings is 1. The van der Waals surface area contributed by atoms with Gasteiger partial charge in [0, 0.05) is 17.6 Å². The number of fused-ring (bicyclic) bond motifs is 1. The average molecular weight is 252 g/mol. The molecular weight excluding hydrogens is 242 g/mol. The van der Waals surface area contributed by atoms with E-state index in [1.54, 1.807) is 19.2 Å². The predicted molar refractivity (Wildman–Crippen MR) is 65.2 cm³/mol. The molecule has 0 aliphatic heterocycles. The second-order valence-corrected chi connectivity index (χ2v) is 3.75. The molecule has 0 fully saturated rings. The Labute approximate surface area is 103 Å². The summed E-state index contributed by atoms with van der Waals surface area (Å²) in [6, 6.07) is 3.42. The van der Waals surface area contributed by atoms with Crippen LogP contribution in [0.5, 0.6) is 11.5 Å². The largest absolute Gasteiger partial charge is 0.493 e. The molecule has 2 aromatic rings. The number of halogens is 1. The normalized spacial score (nSPS) is 10.3. The lowest BCUT2D eigenvalue weighted by molar-refractivity contribution is 0.112. The highest BCUT2D eigenvalue weighted by Crippen LogP contribution is 2.35. The van der Waals surface area contributed by atoms with Crippen molar-refractivity contribution in [2.24, 2.45) is 0 Å². The quantitative estimate of drug-likeness (QED) is 0.787. The molecular formula is C12H10ClNO3. The van der Waals surface area contributed by atoms with Gasteiger partial charge in [0.1, 0.15) is 0 Å². The Balaban J connectivity index is 2.78. The standard InChI is InChI=1S/C12H10ClNO3/c1-16-10-3-8-9(4-11(10)17-2)14-5-7(6-15)12(8)13/h3-6H,1-2H3. The van der Waals surface area contributed by atoms with Gasteiger partial charge >= 0.3 is 0 Å². The third kappa shape index (κ3) is 1.91. The third-order valence-electron chi connectivity index (χ3n) is 2.46. The van der Waals surface area contributed by atoms with Gasteiger partial charge in [-0.25, -0.2) is 0 Å². The van der Waals surface area contributed by atoms with E-state index in [-0.39, 0.29) is 0 Å². The monoisotopic (exact) mass is 251 g/mol. The van der Waals surface area contributed by atoms with Crippen LogP contribution in [-0.2, 0) is 0 Å². The van der Waals surface area contributed by atoms with Crippen LogP contribution in [0.2, 0.25) is 5.02 Å². The van der Waals surface area contributed by atoms with Crippen molar-refractivity contribution in [2.45, 2.75) is 0 Å². The van der Waals surface area contributed by atoms with Crippen LogP contribution in [0.1, 0.15) is 10.4 Å². The van der Waals surface area contributed by atoms with Gasteiger partial charge in [0.2, 0.25) is 0 Å². The first-order chi connectivity index (χ1) is 8.21. The van der Waals surface area contributed by atoms with Crippen molar-refractivity contribution in [1.29, 1.82) is 0 Å². The zero-order valence-corrected chi connectivity index (χ0v) is 10.1. The Kier molecular flexibility index (Phi) is 3.15. The summed E-state index contributed by atoms with van der Waals surface area (Å²) >= 11 is 6.10. The Morgan fingerprint density at radius 3 is 2.47 bits per heavy atom. The zero-order valence-electron chi connectivity index (χ0n) is 9.36. The fourth-order valence-electron chi connectivity index (χ4n) is 1.58. The van der Waals surface area contributed by atoms with Crippen LogP contribution in [-0.4, -0.2) is 25.5 Å². The molecule has 0 atom stereocenters. The number of aldehydes is 1. The van der Waals surface area contributed by atoms with E-state index in [2.05, 4.69) is 4.98 Å². The van der Waals surface area contributed by atoms with Crippen molar-refractivity contribution in [3.05, 3.63) is 28.9 Å². The molecule has 0 aliphatic carbocycles. The minimum Gasteiger partial charge on any atom is -0.493 e. The van der Waals surface area contributed by atoms with Crippen molar-refractivity contribution in [3.8, 4) is 11.5 Å². The molecule has 0 bridgehead atoms. The number of hydrogen-bond donors (Lipinski definition) is 0. The van der Waals surface area contributed by atoms with E-state index < -0.39 is 0 Å². The molecule has 0 saturated heterocycles. The van der Waals surface area contributed by atoms with Crippen LogP contribution in [0.15, 0.2) is 18.3 Å². The Morgan fingerprint density at radius 1 is 1.24 bits per heavy atom. The van der Waals surface area contributed by atoms with E-state index in [4.69, 9.17) is 21.1 Å². The number of aromatic nitrogens is 1. The topological polar surface area (TPSA) is 48.4 Å². The zero-order chi connectivity index (χ0) is 12.4. The van der Waals surface area contributed by atoms with Crippen LogP contribution >= 0.6 is 11.6 Å². The first-order valence-corrected chi connectivity index (χ1v) is 5.24. The van der Waals surface area contributed by atoms with Gasteiger partial charge in [0.05, 0.1) is 30.3 Å². The van der Waals surface area contributed by atoms with Crippen LogP contribution in [0.3, 0.4) is 0 Å². The molecule has 4 nitrogen and oxygen atoms in total. The Bertz CT molecular complexity index is 583. The highest BCUT2D eigenvalue weighted by atomic mass is 35.5. The Hall–Kier alpha value is -1.81. The number of methoxy groups -OCH3 is 2. The van der Waals surface area contributed by atoms with Crippen molar-refractivity contribution in [2.75, 3.05) is 14.2 Å². The van der Waals surface area contributed by atoms with E-state index in [9.17, 15) is 4.79 Å². The van der Waals surface area contributed by atoms with E-state index in [1.807, 2.05) is 0 Å². The molecule has 1 aromatic carbocycles. The molecule has 1 aromatic heterocycles. The number of rotatable bonds is 3. The van der Waals surface area contributed by atoms with Crippen molar-refractivity contribution in [3.63, 3.8) is 0 Å². The van der Waals surface area contributed by atoms with Gasteiger partial charge in [-0.3, -0.25) is 9.78 Å². The average Bonchev–Trinajstić information content (AvgIpc) is 2.38. The highest BCUT2D eigenvalue weighted by Gasteiger charge is 2.11. The molecule has 0 radical (unpaired) electrons. The van der Waals surface area contributed by atoms with Crippen LogP contribution in [0.25, 0.3) is 10.9 Å². The third-order valence-corrected chi connectivity index (χ3v) is 2.88. The van der Waals surface area contributed by atoms with Crippen LogP contribution in [0, 0.1) is 0 Å². The maximum atomic E-state index is 10.8. The smallest absolute Gasteiger partial charge is 0.162 e. The van der Waals surface area contributed by atoms with Gasteiger partial charge in [-0.1, -0.05) is 11.6 Å². The summed E-state index contributed by atoms with van der Waals surface area (Å²) in [6.45, 7) is 0. The predicted octanol–water partition coefficient (Wildman–Crippen LogP) is 2.72. The lowest BCUT2D eigenvalue weighted by atomic mass is 10.1. The fourth-order valence-corrected chi connectivity index (χ4v) is 1.83. The molecule has 0 saturated carbocycles. The van der Waals surface area contributed by atoms with E-state index in [1.165, 1.54) is 13.3 Å². The highest BCUT2D eigenvalue weighted by molar-refractivity contribution is 6.37. The van der Waals surface area contributed by atoms with Gasteiger partial charge in [-0.2, -0.15) is 0 Å². The number of benzene rings is 1. The summed E-state index contributed by atoms with van der Waals surface area (Å²) < 4.78 is 10.3. The molecule has 0 aliphatic rings. The van der Waals surface area contributed by atoms with Gasteiger partial charge in [0.15, 0.2) is 17.8 Å². The minimum atomic E-state index is 0.353. The summed E-state index contributed by atoms with van der Waals surface area (Å²) in [5.74, 6) is 1.12. The van der Waals surface area contributed by atoms with Gasteiger partial charge in [0.25, 0.3) is 0 Å². The summed E-state index contributed by atoms with van der Waals surface area (Å²) in [6.07, 6.45) is 2.11. The number of ether oxygens (including phenoxy) is 2. The summed E-state index contributed by atoms with van der Waals surface area (Å²) in [5.41, 5.74) is 1.00. The molecule has 0 unspecified atom stereocenters. The molecule has 88 valence electrons. The van der Waals surface area contributed by atoms with E-state index >= 15 is 0 Å². The van der Waals surface area contributed by atoms with Gasteiger partial charge < -0.3 is 9.47 Å². The number of carbonyl (C=O) groups excluding carboxylic acids is 1. The second kappa shape index (κ2) is 4.59. The summed E-state index contributed by atoms with van der Waals surface area (Å²) in [7, 11) is 3.08. The first kappa shape index (κ1) is 11.7. The lowest BCUT2D eigenvalue weighted by Crippen LogP contribution is -1.93. The molecule has 2 rings (SSSR count). The number of hydrogen-bond acceptors (Lipinski definition) is 4. The van der Waals surface area contributed by atoms with Crippen molar-refractivity contribution < 1.29 is 14.3 Å². The minimum absolute atomic E-state index is 0.353. The molecule has 5 heteroatoms. The van der Waals surface area contributed by atoms with E-state index in [0.29, 0.717) is 39.3 Å². The van der Waals surface area contributed by atoms with E-state index in [0.717, 1.165) is 0 Å². The lowest BCUT2D eigenvalue weighted by Gasteiger charge is -2.10. The van der Waals surface area contributed by atoms with Crippen LogP contribution < -0.4 is 9.47 Å². The van der Waals surface area contributed by atoms with Crippen molar-refractivity contribution in [1.82, 2.24) is 4.98 Å². The van der Waals surface area contributed by atoms with Crippen molar-refractivity contribution >= 4 is 28.8 Å². The Morgan fingerprint density at radius 2 is 1.88 bits per heavy atom. The molecule has 17 heavy (non-hydrogen) atoms. The maximum Gasteiger partial charge on any atom is 0.162 e. The van der Waals surface area contributed by atoms with Crippen LogP contribution in [0.4, 0.5) is 0 Å². The first-order valence-electron chi connectivity index (χ1n) is 4.86. The maximum absolute atomic E-state index is 10.8. The van der Waals surface area contributed by atoms with Gasteiger partial charge in [-0.05, 0) is 6.07 Å². The second-order valence-electron chi connectivity index (χ2n) is 3.37. The molecule has 1 heterocycles. The van der Waals surface area contributed by atoms with Gasteiger partial charge in [-0.15, -0.1) is 0 Å².